The van der Waals surface area contributed by atoms with Gasteiger partial charge >= 0.3 is 23.5 Å². The lowest BCUT2D eigenvalue weighted by Gasteiger charge is -2.24. The average molecular weight is 727 g/mol. The highest BCUT2D eigenvalue weighted by atomic mass is 31.2. The van der Waals surface area contributed by atoms with Crippen LogP contribution < -0.4 is 27.1 Å². The third-order valence-electron chi connectivity index (χ3n) is 6.28. The lowest BCUT2D eigenvalue weighted by molar-refractivity contribution is 0.441. The van der Waals surface area contributed by atoms with E-state index >= 15 is 0 Å². The second-order valence-corrected chi connectivity index (χ2v) is 15.2. The molecule has 6 rings (SSSR count). The minimum atomic E-state index is -4.17. The lowest BCUT2D eigenvalue weighted by atomic mass is 10.3. The number of nitrogens with zero attached hydrogens (tertiary/aromatic N) is 2. The van der Waals surface area contributed by atoms with Crippen LogP contribution in [0.4, 0.5) is 0 Å². The molecule has 50 heavy (non-hydrogen) atoms. The van der Waals surface area contributed by atoms with Gasteiger partial charge in [0.05, 0.1) is 4.52 Å². The Bertz CT molecular complexity index is 2020. The number of phenols is 2. The van der Waals surface area contributed by atoms with Gasteiger partial charge in [-0.2, -0.15) is 0 Å². The maximum absolute atomic E-state index is 10.2. The van der Waals surface area contributed by atoms with Gasteiger partial charge in [0.2, 0.25) is 0 Å². The number of para-hydroxylation sites is 5. The van der Waals surface area contributed by atoms with Crippen molar-refractivity contribution in [3.63, 3.8) is 0 Å². The molecule has 0 bridgehead atoms. The molecule has 11 nitrogen and oxygen atoms in total. The number of phenolic OH excluding ortho intramolecular Hbond substituents is 2. The van der Waals surface area contributed by atoms with E-state index in [1.165, 1.54) is 12.1 Å². The Morgan fingerprint density at radius 3 is 1.18 bits per heavy atom. The first-order valence-electron chi connectivity index (χ1n) is 15.1. The molecule has 6 aromatic carbocycles. The van der Waals surface area contributed by atoms with E-state index in [0.29, 0.717) is 28.7 Å². The quantitative estimate of drug-likeness (QED) is 0.0941. The molecule has 0 heterocycles. The van der Waals surface area contributed by atoms with Gasteiger partial charge < -0.3 is 28.3 Å². The topological polar surface area (TPSA) is 144 Å². The van der Waals surface area contributed by atoms with Crippen molar-refractivity contribution >= 4 is 23.5 Å². The third kappa shape index (κ3) is 9.91. The SMILES string of the molecule is N=P(N=P(N=[P+](Oc1ccccc1)Oc1cc(O)cc(O)c1)(Oc1ccccc1)Oc1ccccc1)(Oc1ccccc1)Oc1ccccc1. The van der Waals surface area contributed by atoms with E-state index < -0.39 is 23.5 Å². The summed E-state index contributed by atoms with van der Waals surface area (Å²) in [4.78, 5) is 0. The predicted molar refractivity (Wildman–Crippen MR) is 194 cm³/mol. The van der Waals surface area contributed by atoms with Crippen LogP contribution in [0.5, 0.6) is 46.0 Å². The van der Waals surface area contributed by atoms with E-state index in [1.54, 1.807) is 121 Å². The summed E-state index contributed by atoms with van der Waals surface area (Å²) >= 11 is 0. The number of hydrogen-bond acceptors (Lipinski definition) is 9. The Kier molecular flexibility index (Phi) is 11.0. The van der Waals surface area contributed by atoms with E-state index in [0.717, 1.165) is 6.07 Å². The van der Waals surface area contributed by atoms with Gasteiger partial charge in [-0.1, -0.05) is 95.5 Å². The zero-order chi connectivity index (χ0) is 34.7. The fraction of sp³-hybridized carbons (Fsp3) is 0. The van der Waals surface area contributed by atoms with Crippen LogP contribution in [0.1, 0.15) is 0 Å². The van der Waals surface area contributed by atoms with Crippen molar-refractivity contribution in [1.82, 2.24) is 0 Å². The first kappa shape index (κ1) is 34.2. The van der Waals surface area contributed by atoms with E-state index in [-0.39, 0.29) is 17.2 Å². The van der Waals surface area contributed by atoms with E-state index in [9.17, 15) is 15.4 Å². The summed E-state index contributed by atoms with van der Waals surface area (Å²) in [6, 6.07) is 47.5. The van der Waals surface area contributed by atoms with Crippen LogP contribution >= 0.6 is 23.5 Å². The summed E-state index contributed by atoms with van der Waals surface area (Å²) in [6.45, 7) is 0. The molecule has 0 amide bonds. The highest BCUT2D eigenvalue weighted by Gasteiger charge is 2.42. The van der Waals surface area contributed by atoms with E-state index in [4.69, 9.17) is 36.2 Å². The molecule has 0 aliphatic rings. The van der Waals surface area contributed by atoms with Crippen LogP contribution in [0.25, 0.3) is 0 Å². The molecular weight excluding hydrogens is 695 g/mol. The summed E-state index contributed by atoms with van der Waals surface area (Å²) in [5.41, 5.74) is 0. The number of rotatable bonds is 14. The Morgan fingerprint density at radius 2 is 0.780 bits per heavy atom. The Balaban J connectivity index is 1.61. The molecule has 3 N–H and O–H groups in total. The zero-order valence-corrected chi connectivity index (χ0v) is 28.9. The zero-order valence-electron chi connectivity index (χ0n) is 26.2. The number of aromatic hydroxyl groups is 2. The lowest BCUT2D eigenvalue weighted by Crippen LogP contribution is -2.04. The first-order chi connectivity index (χ1) is 24.3. The largest absolute Gasteiger partial charge is 0.679 e. The van der Waals surface area contributed by atoms with Crippen molar-refractivity contribution in [2.24, 2.45) is 9.03 Å². The summed E-state index contributed by atoms with van der Waals surface area (Å²) in [5, 5.41) is 30.2. The second kappa shape index (κ2) is 16.1. The van der Waals surface area contributed by atoms with Crippen molar-refractivity contribution in [3.8, 4) is 46.0 Å². The van der Waals surface area contributed by atoms with Crippen molar-refractivity contribution in [3.05, 3.63) is 170 Å². The molecule has 0 aliphatic carbocycles. The van der Waals surface area contributed by atoms with Crippen LogP contribution in [0.3, 0.4) is 0 Å². The molecule has 0 aromatic heterocycles. The van der Waals surface area contributed by atoms with Crippen LogP contribution in [0.15, 0.2) is 179 Å². The normalized spacial score (nSPS) is 11.6. The van der Waals surface area contributed by atoms with Gasteiger partial charge in [0, 0.05) is 18.2 Å². The van der Waals surface area contributed by atoms with Gasteiger partial charge in [0.15, 0.2) is 11.5 Å². The summed E-state index contributed by atoms with van der Waals surface area (Å²) in [5.74, 6) is 1.22. The van der Waals surface area contributed by atoms with E-state index in [2.05, 4.69) is 0 Å². The van der Waals surface area contributed by atoms with Crippen LogP contribution in [-0.2, 0) is 0 Å². The Hall–Kier alpha value is -5.72. The molecule has 14 heteroatoms. The predicted octanol–water partition coefficient (Wildman–Crippen LogP) is 11.8. The Morgan fingerprint density at radius 1 is 0.440 bits per heavy atom. The van der Waals surface area contributed by atoms with Gasteiger partial charge in [0.25, 0.3) is 0 Å². The van der Waals surface area contributed by atoms with Crippen molar-refractivity contribution < 1.29 is 37.4 Å². The molecule has 0 fully saturated rings. The molecular formula is C36H31N3O8P3+. The van der Waals surface area contributed by atoms with Crippen LogP contribution in [0.2, 0.25) is 0 Å². The summed E-state index contributed by atoms with van der Waals surface area (Å²) in [6.07, 6.45) is 0. The molecule has 0 radical (unpaired) electrons. The summed E-state index contributed by atoms with van der Waals surface area (Å²) in [7, 11) is -10.8. The van der Waals surface area contributed by atoms with Crippen molar-refractivity contribution in [1.29, 1.82) is 5.16 Å². The number of benzene rings is 6. The maximum Gasteiger partial charge on any atom is 0.679 e. The highest BCUT2D eigenvalue weighted by molar-refractivity contribution is 7.69. The molecule has 0 spiro atoms. The van der Waals surface area contributed by atoms with Gasteiger partial charge in [-0.3, -0.25) is 0 Å². The smallest absolute Gasteiger partial charge is 0.508 e. The molecule has 0 aliphatic heterocycles. The van der Waals surface area contributed by atoms with Crippen LogP contribution in [0, 0.1) is 5.16 Å². The van der Waals surface area contributed by atoms with Crippen molar-refractivity contribution in [2.75, 3.05) is 0 Å². The fourth-order valence-electron chi connectivity index (χ4n) is 4.23. The number of nitrogens with one attached hydrogen (secondary N) is 1. The van der Waals surface area contributed by atoms with Crippen molar-refractivity contribution in [2.45, 2.75) is 0 Å². The maximum atomic E-state index is 10.2. The minimum absolute atomic E-state index is 0.0406. The average Bonchev–Trinajstić information content (AvgIpc) is 3.10. The standard InChI is InChI=1S/C36H30N3O8P3/c37-49(44-32-18-8-2-9-19-32,45-33-20-10-3-11-21-33)39-50(46-34-22-12-4-13-23-34,47-35-24-14-5-15-25-35)38-48(42-31-16-6-1-7-17-31)43-36-27-29(40)26-30(41)28-36/h1-28,37H,(H-,40,41)/p+1. The highest BCUT2D eigenvalue weighted by Crippen LogP contribution is 2.67. The van der Waals surface area contributed by atoms with Gasteiger partial charge in [-0.25, -0.2) is 14.2 Å². The van der Waals surface area contributed by atoms with Gasteiger partial charge in [-0.05, 0) is 60.7 Å². The first-order valence-corrected chi connectivity index (χ1v) is 19.3. The second-order valence-electron chi connectivity index (χ2n) is 10.2. The van der Waals surface area contributed by atoms with Gasteiger partial charge in [0.1, 0.15) is 34.5 Å². The molecule has 0 saturated carbocycles. The summed E-state index contributed by atoms with van der Waals surface area (Å²) < 4.78 is 47.9. The molecule has 1 atom stereocenters. The molecule has 1 unspecified atom stereocenters. The molecule has 0 saturated heterocycles. The molecule has 252 valence electrons. The third-order valence-corrected chi connectivity index (χ3v) is 12.2. The molecule has 6 aromatic rings. The monoisotopic (exact) mass is 726 g/mol. The Labute approximate surface area is 290 Å². The van der Waals surface area contributed by atoms with Gasteiger partial charge in [-0.15, -0.1) is 0 Å². The van der Waals surface area contributed by atoms with E-state index in [1.807, 2.05) is 30.3 Å². The van der Waals surface area contributed by atoms with Crippen LogP contribution in [-0.4, -0.2) is 10.2 Å². The number of hydrogen-bond donors (Lipinski definition) is 3. The fourth-order valence-corrected chi connectivity index (χ4v) is 10.1. The minimum Gasteiger partial charge on any atom is -0.508 e.